The molecule has 0 unspecified atom stereocenters. The Morgan fingerprint density at radius 3 is 2.41 bits per heavy atom. The van der Waals surface area contributed by atoms with Crippen molar-refractivity contribution in [2.24, 2.45) is 0 Å². The lowest BCUT2D eigenvalue weighted by molar-refractivity contribution is -0.275. The molecule has 0 saturated carbocycles. The Labute approximate surface area is 113 Å². The first-order valence-corrected chi connectivity index (χ1v) is 7.27. The highest BCUT2D eigenvalue weighted by Gasteiger charge is 2.33. The van der Waals surface area contributed by atoms with E-state index in [0.29, 0.717) is 6.07 Å². The van der Waals surface area contributed by atoms with Crippen molar-refractivity contribution < 1.29 is 26.3 Å². The van der Waals surface area contributed by atoms with E-state index in [9.17, 15) is 21.6 Å². The third-order valence-electron chi connectivity index (χ3n) is 1.58. The van der Waals surface area contributed by atoms with Crippen LogP contribution < -0.4 is 4.74 Å². The topological polar surface area (TPSA) is 56.3 Å². The number of halogens is 5. The van der Waals surface area contributed by atoms with Crippen molar-refractivity contribution in [3.8, 4) is 5.75 Å². The summed E-state index contributed by atoms with van der Waals surface area (Å²) in [5, 5.41) is 0. The van der Waals surface area contributed by atoms with Gasteiger partial charge in [-0.15, -0.1) is 13.2 Å². The second kappa shape index (κ2) is 4.76. The van der Waals surface area contributed by atoms with Crippen LogP contribution >= 0.6 is 33.3 Å². The van der Waals surface area contributed by atoms with E-state index in [4.69, 9.17) is 10.7 Å². The van der Waals surface area contributed by atoms with Crippen molar-refractivity contribution in [1.29, 1.82) is 0 Å². The largest absolute Gasteiger partial charge is 0.573 e. The van der Waals surface area contributed by atoms with Gasteiger partial charge in [0.15, 0.2) is 5.75 Å². The minimum absolute atomic E-state index is 0.0235. The van der Waals surface area contributed by atoms with E-state index >= 15 is 0 Å². The van der Waals surface area contributed by atoms with Crippen molar-refractivity contribution in [2.45, 2.75) is 18.2 Å². The van der Waals surface area contributed by atoms with E-state index in [1.807, 2.05) is 0 Å². The SMILES string of the molecule is Cc1nc(I)c(S(=O)(=O)Cl)cc1OC(F)(F)F. The Balaban J connectivity index is 3.35. The maximum Gasteiger partial charge on any atom is 0.573 e. The number of pyridine rings is 1. The first-order valence-electron chi connectivity index (χ1n) is 3.88. The van der Waals surface area contributed by atoms with Gasteiger partial charge in [-0.3, -0.25) is 0 Å². The van der Waals surface area contributed by atoms with Crippen LogP contribution in [0.25, 0.3) is 0 Å². The number of rotatable bonds is 2. The quantitative estimate of drug-likeness (QED) is 0.434. The number of aromatic nitrogens is 1. The lowest BCUT2D eigenvalue weighted by Crippen LogP contribution is -2.18. The maximum absolute atomic E-state index is 12.0. The van der Waals surface area contributed by atoms with Gasteiger partial charge in [-0.1, -0.05) is 0 Å². The van der Waals surface area contributed by atoms with E-state index < -0.39 is 26.1 Å². The average molecular weight is 402 g/mol. The van der Waals surface area contributed by atoms with Gasteiger partial charge in [-0.05, 0) is 29.5 Å². The Kier molecular flexibility index (Phi) is 4.14. The molecular weight excluding hydrogens is 397 g/mol. The predicted octanol–water partition coefficient (Wildman–Crippen LogP) is 2.82. The fraction of sp³-hybridized carbons (Fsp3) is 0.286. The molecule has 0 radical (unpaired) electrons. The summed E-state index contributed by atoms with van der Waals surface area (Å²) in [6, 6.07) is 0.694. The highest BCUT2D eigenvalue weighted by Crippen LogP contribution is 2.30. The molecule has 0 spiro atoms. The Hall–Kier alpha value is -0.290. The minimum atomic E-state index is -4.92. The van der Waals surface area contributed by atoms with Crippen LogP contribution in [-0.2, 0) is 9.05 Å². The number of aryl methyl sites for hydroxylation is 1. The van der Waals surface area contributed by atoms with E-state index in [1.54, 1.807) is 22.6 Å². The molecule has 0 bridgehead atoms. The van der Waals surface area contributed by atoms with Crippen molar-refractivity contribution >= 4 is 42.3 Å². The molecule has 0 aliphatic heterocycles. The molecule has 0 fully saturated rings. The van der Waals surface area contributed by atoms with Crippen LogP contribution in [0.4, 0.5) is 13.2 Å². The molecule has 0 atom stereocenters. The van der Waals surface area contributed by atoms with E-state index in [-0.39, 0.29) is 9.39 Å². The average Bonchev–Trinajstić information content (AvgIpc) is 2.05. The first-order chi connectivity index (χ1) is 7.50. The molecule has 4 nitrogen and oxygen atoms in total. The molecule has 0 aromatic carbocycles. The van der Waals surface area contributed by atoms with Gasteiger partial charge in [0.2, 0.25) is 0 Å². The third-order valence-corrected chi connectivity index (χ3v) is 4.10. The van der Waals surface area contributed by atoms with Crippen LogP contribution in [0.2, 0.25) is 0 Å². The molecule has 10 heteroatoms. The number of ether oxygens (including phenoxy) is 1. The van der Waals surface area contributed by atoms with Crippen LogP contribution in [0.3, 0.4) is 0 Å². The zero-order valence-electron chi connectivity index (χ0n) is 8.05. The molecule has 1 heterocycles. The highest BCUT2D eigenvalue weighted by molar-refractivity contribution is 14.1. The van der Waals surface area contributed by atoms with E-state index in [1.165, 1.54) is 6.92 Å². The monoisotopic (exact) mass is 401 g/mol. The van der Waals surface area contributed by atoms with Gasteiger partial charge in [0.1, 0.15) is 8.60 Å². The lowest BCUT2D eigenvalue weighted by Gasteiger charge is -2.12. The molecule has 96 valence electrons. The van der Waals surface area contributed by atoms with Gasteiger partial charge in [0.25, 0.3) is 9.05 Å². The second-order valence-electron chi connectivity index (χ2n) is 2.85. The number of hydrogen-bond donors (Lipinski definition) is 0. The van der Waals surface area contributed by atoms with Crippen molar-refractivity contribution in [1.82, 2.24) is 4.98 Å². The zero-order chi connectivity index (χ0) is 13.4. The fourth-order valence-corrected chi connectivity index (χ4v) is 3.56. The smallest absolute Gasteiger partial charge is 0.404 e. The molecule has 17 heavy (non-hydrogen) atoms. The van der Waals surface area contributed by atoms with Gasteiger partial charge >= 0.3 is 6.36 Å². The molecule has 0 saturated heterocycles. The predicted molar refractivity (Wildman–Crippen MR) is 61.4 cm³/mol. The van der Waals surface area contributed by atoms with Crippen molar-refractivity contribution in [2.75, 3.05) is 0 Å². The van der Waals surface area contributed by atoms with Gasteiger partial charge in [0, 0.05) is 16.7 Å². The number of hydrogen-bond acceptors (Lipinski definition) is 4. The highest BCUT2D eigenvalue weighted by atomic mass is 127. The molecular formula is C7H4ClF3INO3S. The number of alkyl halides is 3. The molecule has 0 aliphatic rings. The summed E-state index contributed by atoms with van der Waals surface area (Å²) in [6.07, 6.45) is -4.92. The minimum Gasteiger partial charge on any atom is -0.404 e. The Morgan fingerprint density at radius 1 is 1.47 bits per heavy atom. The molecule has 1 aromatic rings. The summed E-state index contributed by atoms with van der Waals surface area (Å²) < 4.78 is 61.8. The van der Waals surface area contributed by atoms with E-state index in [2.05, 4.69) is 9.72 Å². The second-order valence-corrected chi connectivity index (χ2v) is 6.40. The van der Waals surface area contributed by atoms with Crippen molar-refractivity contribution in [3.05, 3.63) is 15.5 Å². The van der Waals surface area contributed by atoms with E-state index in [0.717, 1.165) is 0 Å². The first kappa shape index (κ1) is 14.8. The summed E-state index contributed by atoms with van der Waals surface area (Å²) in [5.41, 5.74) is -0.0872. The summed E-state index contributed by atoms with van der Waals surface area (Å²) in [5.74, 6) is -0.697. The molecule has 0 aliphatic carbocycles. The normalized spacial score (nSPS) is 12.6. The summed E-state index contributed by atoms with van der Waals surface area (Å²) in [4.78, 5) is 3.10. The Bertz CT molecular complexity index is 546. The van der Waals surface area contributed by atoms with Gasteiger partial charge in [0.05, 0.1) is 5.69 Å². The molecule has 0 amide bonds. The maximum atomic E-state index is 12.0. The third kappa shape index (κ3) is 4.14. The molecule has 1 rings (SSSR count). The Morgan fingerprint density at radius 2 is 2.00 bits per heavy atom. The van der Waals surface area contributed by atoms with Gasteiger partial charge in [-0.2, -0.15) is 0 Å². The lowest BCUT2D eigenvalue weighted by atomic mass is 10.3. The van der Waals surface area contributed by atoms with Crippen molar-refractivity contribution in [3.63, 3.8) is 0 Å². The summed E-state index contributed by atoms with van der Waals surface area (Å²) >= 11 is 1.55. The standard InChI is InChI=1S/C7H4ClF3INO3S/c1-3-4(16-7(9,10)11)2-5(6(12)13-3)17(8,14)15/h2H,1H3. The fourth-order valence-electron chi connectivity index (χ4n) is 0.939. The van der Waals surface area contributed by atoms with Crippen LogP contribution in [-0.4, -0.2) is 19.8 Å². The number of nitrogens with zero attached hydrogens (tertiary/aromatic N) is 1. The summed E-state index contributed by atoms with van der Waals surface area (Å²) in [7, 11) is 0.877. The van der Waals surface area contributed by atoms with Crippen LogP contribution in [0, 0.1) is 10.6 Å². The van der Waals surface area contributed by atoms with Gasteiger partial charge in [-0.25, -0.2) is 13.4 Å². The van der Waals surface area contributed by atoms with Crippen LogP contribution in [0.15, 0.2) is 11.0 Å². The molecule has 0 N–H and O–H groups in total. The van der Waals surface area contributed by atoms with Crippen LogP contribution in [0.1, 0.15) is 5.69 Å². The molecule has 1 aromatic heterocycles. The zero-order valence-corrected chi connectivity index (χ0v) is 11.8. The van der Waals surface area contributed by atoms with Gasteiger partial charge < -0.3 is 4.74 Å². The summed E-state index contributed by atoms with van der Waals surface area (Å²) in [6.45, 7) is 1.26. The van der Waals surface area contributed by atoms with Crippen LogP contribution in [0.5, 0.6) is 5.75 Å².